The zero-order chi connectivity index (χ0) is 10.6. The first-order valence-corrected chi connectivity index (χ1v) is 4.40. The lowest BCUT2D eigenvalue weighted by Crippen LogP contribution is -2.26. The number of hydrogen-bond acceptors (Lipinski definition) is 2. The Bertz CT molecular complexity index is 347. The fraction of sp³-hybridized carbons (Fsp3) is 0.273. The van der Waals surface area contributed by atoms with Gasteiger partial charge in [-0.3, -0.25) is 14.5 Å². The second-order valence-electron chi connectivity index (χ2n) is 3.21. The highest BCUT2D eigenvalue weighted by Gasteiger charge is 2.09. The Hall–Kier alpha value is -1.64. The third-order valence-corrected chi connectivity index (χ3v) is 2.15. The predicted octanol–water partition coefficient (Wildman–Crippen LogP) is 1.15. The summed E-state index contributed by atoms with van der Waals surface area (Å²) in [6.45, 7) is 1.95. The number of imide groups is 1. The van der Waals surface area contributed by atoms with Gasteiger partial charge in [-0.1, -0.05) is 24.3 Å². The summed E-state index contributed by atoms with van der Waals surface area (Å²) in [5.41, 5.74) is 2.03. The highest BCUT2D eigenvalue weighted by atomic mass is 16.2. The smallest absolute Gasteiger partial charge is 0.233 e. The SMILES string of the molecule is Cc1ccccc1CC(=O)N(C)C=O. The topological polar surface area (TPSA) is 37.4 Å². The first kappa shape index (κ1) is 10.4. The summed E-state index contributed by atoms with van der Waals surface area (Å²) in [4.78, 5) is 22.8. The van der Waals surface area contributed by atoms with Crippen molar-refractivity contribution in [2.75, 3.05) is 7.05 Å². The van der Waals surface area contributed by atoms with Gasteiger partial charge in [0.25, 0.3) is 0 Å². The number of likely N-dealkylation sites (N-methyl/N-ethyl adjacent to an activating group) is 1. The fourth-order valence-electron chi connectivity index (χ4n) is 1.15. The summed E-state index contributed by atoms with van der Waals surface area (Å²) in [5.74, 6) is -0.186. The molecule has 0 saturated heterocycles. The third kappa shape index (κ3) is 2.42. The van der Waals surface area contributed by atoms with Crippen LogP contribution in [-0.4, -0.2) is 24.3 Å². The molecule has 0 aliphatic rings. The van der Waals surface area contributed by atoms with Crippen LogP contribution in [0.25, 0.3) is 0 Å². The second kappa shape index (κ2) is 4.56. The van der Waals surface area contributed by atoms with E-state index in [1.807, 2.05) is 31.2 Å². The average molecular weight is 191 g/mol. The van der Waals surface area contributed by atoms with E-state index >= 15 is 0 Å². The van der Waals surface area contributed by atoms with Gasteiger partial charge >= 0.3 is 0 Å². The maximum Gasteiger partial charge on any atom is 0.233 e. The molecule has 74 valence electrons. The molecule has 0 N–H and O–H groups in total. The standard InChI is InChI=1S/C11H13NO2/c1-9-5-3-4-6-10(9)7-11(14)12(2)8-13/h3-6,8H,7H2,1-2H3. The van der Waals surface area contributed by atoms with Crippen molar-refractivity contribution < 1.29 is 9.59 Å². The van der Waals surface area contributed by atoms with Gasteiger partial charge in [-0.2, -0.15) is 0 Å². The quantitative estimate of drug-likeness (QED) is 0.672. The van der Waals surface area contributed by atoms with Gasteiger partial charge in [-0.15, -0.1) is 0 Å². The maximum absolute atomic E-state index is 11.4. The number of carbonyl (C=O) groups excluding carboxylic acids is 2. The molecule has 2 amide bonds. The van der Waals surface area contributed by atoms with E-state index in [-0.39, 0.29) is 12.3 Å². The van der Waals surface area contributed by atoms with Crippen molar-refractivity contribution in [3.63, 3.8) is 0 Å². The summed E-state index contributed by atoms with van der Waals surface area (Å²) in [6, 6.07) is 7.65. The molecule has 0 aliphatic carbocycles. The van der Waals surface area contributed by atoms with Gasteiger partial charge in [0.05, 0.1) is 6.42 Å². The largest absolute Gasteiger partial charge is 0.288 e. The van der Waals surface area contributed by atoms with Crippen LogP contribution in [0.3, 0.4) is 0 Å². The van der Waals surface area contributed by atoms with E-state index in [2.05, 4.69) is 0 Å². The molecule has 0 atom stereocenters. The minimum Gasteiger partial charge on any atom is -0.288 e. The zero-order valence-corrected chi connectivity index (χ0v) is 8.36. The van der Waals surface area contributed by atoms with Crippen LogP contribution in [0.5, 0.6) is 0 Å². The Kier molecular flexibility index (Phi) is 3.40. The first-order valence-electron chi connectivity index (χ1n) is 4.40. The Labute approximate surface area is 83.3 Å². The van der Waals surface area contributed by atoms with Crippen molar-refractivity contribution in [3.05, 3.63) is 35.4 Å². The van der Waals surface area contributed by atoms with E-state index in [9.17, 15) is 9.59 Å². The second-order valence-corrected chi connectivity index (χ2v) is 3.21. The van der Waals surface area contributed by atoms with Crippen molar-refractivity contribution >= 4 is 12.3 Å². The van der Waals surface area contributed by atoms with Crippen molar-refractivity contribution in [1.29, 1.82) is 0 Å². The Balaban J connectivity index is 2.74. The molecule has 3 heteroatoms. The highest BCUT2D eigenvalue weighted by molar-refractivity contribution is 5.87. The molecule has 0 radical (unpaired) electrons. The van der Waals surface area contributed by atoms with Gasteiger partial charge in [0, 0.05) is 7.05 Å². The van der Waals surface area contributed by atoms with Gasteiger partial charge in [0.1, 0.15) is 0 Å². The fourth-order valence-corrected chi connectivity index (χ4v) is 1.15. The predicted molar refractivity (Wildman–Crippen MR) is 53.7 cm³/mol. The van der Waals surface area contributed by atoms with Gasteiger partial charge < -0.3 is 0 Å². The summed E-state index contributed by atoms with van der Waals surface area (Å²) in [6.07, 6.45) is 0.808. The van der Waals surface area contributed by atoms with Crippen LogP contribution in [0.4, 0.5) is 0 Å². The van der Waals surface area contributed by atoms with Crippen molar-refractivity contribution in [2.45, 2.75) is 13.3 Å². The van der Waals surface area contributed by atoms with Gasteiger partial charge in [-0.05, 0) is 18.1 Å². The van der Waals surface area contributed by atoms with Crippen LogP contribution in [0.15, 0.2) is 24.3 Å². The van der Waals surface area contributed by atoms with E-state index in [1.165, 1.54) is 7.05 Å². The molecule has 0 fully saturated rings. The van der Waals surface area contributed by atoms with Gasteiger partial charge in [-0.25, -0.2) is 0 Å². The van der Waals surface area contributed by atoms with Crippen LogP contribution in [0, 0.1) is 6.92 Å². The number of rotatable bonds is 3. The molecule has 0 spiro atoms. The number of carbonyl (C=O) groups is 2. The molecule has 0 heterocycles. The normalized spacial score (nSPS) is 9.57. The molecule has 0 unspecified atom stereocenters. The molecule has 0 saturated carbocycles. The zero-order valence-electron chi connectivity index (χ0n) is 8.36. The van der Waals surface area contributed by atoms with Crippen molar-refractivity contribution in [2.24, 2.45) is 0 Å². The van der Waals surface area contributed by atoms with E-state index < -0.39 is 0 Å². The minimum atomic E-state index is -0.186. The highest BCUT2D eigenvalue weighted by Crippen LogP contribution is 2.08. The molecular formula is C11H13NO2. The third-order valence-electron chi connectivity index (χ3n) is 2.15. The number of hydrogen-bond donors (Lipinski definition) is 0. The number of amides is 2. The molecule has 0 bridgehead atoms. The summed E-state index contributed by atoms with van der Waals surface area (Å²) in [5, 5.41) is 0. The lowest BCUT2D eigenvalue weighted by Gasteiger charge is -2.09. The van der Waals surface area contributed by atoms with Gasteiger partial charge in [0.2, 0.25) is 12.3 Å². The molecule has 1 aromatic rings. The molecule has 1 rings (SSSR count). The van der Waals surface area contributed by atoms with E-state index in [0.717, 1.165) is 16.0 Å². The summed E-state index contributed by atoms with van der Waals surface area (Å²) < 4.78 is 0. The average Bonchev–Trinajstić information content (AvgIpc) is 2.20. The molecule has 3 nitrogen and oxygen atoms in total. The number of aryl methyl sites for hydroxylation is 1. The molecule has 0 aliphatic heterocycles. The van der Waals surface area contributed by atoms with E-state index in [1.54, 1.807) is 0 Å². The van der Waals surface area contributed by atoms with E-state index in [0.29, 0.717) is 6.41 Å². The van der Waals surface area contributed by atoms with Crippen LogP contribution in [0.2, 0.25) is 0 Å². The van der Waals surface area contributed by atoms with Crippen molar-refractivity contribution in [1.82, 2.24) is 4.90 Å². The Morgan fingerprint density at radius 2 is 2.07 bits per heavy atom. The number of benzene rings is 1. The molecule has 0 aromatic heterocycles. The van der Waals surface area contributed by atoms with Gasteiger partial charge in [0.15, 0.2) is 0 Å². The van der Waals surface area contributed by atoms with E-state index in [4.69, 9.17) is 0 Å². The van der Waals surface area contributed by atoms with Crippen LogP contribution in [0.1, 0.15) is 11.1 Å². The van der Waals surface area contributed by atoms with Crippen LogP contribution < -0.4 is 0 Å². The van der Waals surface area contributed by atoms with Crippen LogP contribution >= 0.6 is 0 Å². The maximum atomic E-state index is 11.4. The Morgan fingerprint density at radius 3 is 2.64 bits per heavy atom. The molecular weight excluding hydrogens is 178 g/mol. The minimum absolute atomic E-state index is 0.186. The number of nitrogens with zero attached hydrogens (tertiary/aromatic N) is 1. The lowest BCUT2D eigenvalue weighted by atomic mass is 10.1. The summed E-state index contributed by atoms with van der Waals surface area (Å²) >= 11 is 0. The lowest BCUT2D eigenvalue weighted by molar-refractivity contribution is -0.135. The summed E-state index contributed by atoms with van der Waals surface area (Å²) in [7, 11) is 1.47. The molecule has 14 heavy (non-hydrogen) atoms. The van der Waals surface area contributed by atoms with Crippen molar-refractivity contribution in [3.8, 4) is 0 Å². The Morgan fingerprint density at radius 1 is 1.43 bits per heavy atom. The monoisotopic (exact) mass is 191 g/mol. The molecule has 1 aromatic carbocycles. The van der Waals surface area contributed by atoms with Crippen LogP contribution in [-0.2, 0) is 16.0 Å². The first-order chi connectivity index (χ1) is 6.65.